The van der Waals surface area contributed by atoms with Crippen LogP contribution in [0.5, 0.6) is 0 Å². The molecule has 0 radical (unpaired) electrons. The van der Waals surface area contributed by atoms with Gasteiger partial charge in [0.05, 0.1) is 0 Å². The van der Waals surface area contributed by atoms with Crippen molar-refractivity contribution in [3.05, 3.63) is 0 Å². The summed E-state index contributed by atoms with van der Waals surface area (Å²) in [5, 5.41) is 0. The minimum Gasteiger partial charge on any atom is -0.458 e. The smallest absolute Gasteiger partial charge is 0.333 e. The maximum absolute atomic E-state index is 12.2. The maximum atomic E-state index is 12.2. The average Bonchev–Trinajstić information content (AvgIpc) is 2.85. The fraction of sp³-hybridized carbons (Fsp3) is 0.818. The molecule has 0 aromatic rings. The van der Waals surface area contributed by atoms with E-state index in [4.69, 9.17) is 42.1 Å². The van der Waals surface area contributed by atoms with E-state index in [9.17, 15) is 9.59 Å². The van der Waals surface area contributed by atoms with Crippen LogP contribution in [-0.4, -0.2) is 52.9 Å². The first-order valence-corrected chi connectivity index (χ1v) is 6.72. The molecule has 8 atom stereocenters. The Labute approximate surface area is 117 Å². The van der Waals surface area contributed by atoms with Gasteiger partial charge in [-0.05, 0) is 0 Å². The molecule has 8 bridgehead atoms. The minimum absolute atomic E-state index is 0.422. The van der Waals surface area contributed by atoms with Crippen molar-refractivity contribution in [2.45, 2.75) is 33.8 Å². The lowest BCUT2D eigenvalue weighted by molar-refractivity contribution is -0.289. The number of methoxy groups -OCH3 is 1. The Morgan fingerprint density at radius 2 is 1.47 bits per heavy atom. The molecule has 0 aromatic carbocycles. The van der Waals surface area contributed by atoms with E-state index in [1.54, 1.807) is 0 Å². The van der Waals surface area contributed by atoms with Gasteiger partial charge < -0.3 is 18.9 Å². The van der Waals surface area contributed by atoms with Crippen molar-refractivity contribution in [3.8, 4) is 0 Å². The van der Waals surface area contributed by atoms with E-state index >= 15 is 0 Å². The van der Waals surface area contributed by atoms with Gasteiger partial charge in [0.15, 0.2) is 0 Å². The topological polar surface area (TPSA) is 71.1 Å². The Hall–Kier alpha value is -0.560. The van der Waals surface area contributed by atoms with Gasteiger partial charge in [0.25, 0.3) is 0 Å². The molecule has 2 aliphatic carbocycles. The summed E-state index contributed by atoms with van der Waals surface area (Å²) in [5.74, 6) is -3.83. The van der Waals surface area contributed by atoms with Crippen molar-refractivity contribution in [3.63, 3.8) is 0 Å². The standard InChI is InChI=1S/C11H8Cl2O6/c1-16-11-9(12)2-3-5(18-8(15)10(3,11)13)6(19-11)4(2)17-7(9)14/h2-6H,1H3/t2-,3+,4-,5+,6?,9+,10-,11?. The lowest BCUT2D eigenvalue weighted by atomic mass is 9.86. The summed E-state index contributed by atoms with van der Waals surface area (Å²) >= 11 is 13.1. The zero-order valence-corrected chi connectivity index (χ0v) is 11.1. The zero-order chi connectivity index (χ0) is 13.4. The van der Waals surface area contributed by atoms with Crippen LogP contribution in [0.25, 0.3) is 0 Å². The highest BCUT2D eigenvalue weighted by atomic mass is 35.5. The van der Waals surface area contributed by atoms with Crippen molar-refractivity contribution in [1.82, 2.24) is 0 Å². The van der Waals surface area contributed by atoms with E-state index in [-0.39, 0.29) is 0 Å². The monoisotopic (exact) mass is 306 g/mol. The van der Waals surface area contributed by atoms with Gasteiger partial charge in [-0.15, -0.1) is 23.2 Å². The van der Waals surface area contributed by atoms with E-state index in [1.165, 1.54) is 7.11 Å². The molecular weight excluding hydrogens is 299 g/mol. The second-order valence-corrected chi connectivity index (χ2v) is 6.81. The molecule has 0 N–H and O–H groups in total. The quantitative estimate of drug-likeness (QED) is 0.493. The lowest BCUT2D eigenvalue weighted by Gasteiger charge is -2.46. The molecule has 4 heterocycles. The second-order valence-electron chi connectivity index (χ2n) is 5.62. The minimum atomic E-state index is -1.72. The predicted octanol–water partition coefficient (Wildman–Crippen LogP) is -0.207. The number of halogens is 2. The van der Waals surface area contributed by atoms with Crippen molar-refractivity contribution >= 4 is 35.1 Å². The summed E-state index contributed by atoms with van der Waals surface area (Å²) in [7, 11) is 1.32. The van der Waals surface area contributed by atoms with Crippen LogP contribution in [0.15, 0.2) is 0 Å². The highest BCUT2D eigenvalue weighted by Gasteiger charge is 2.98. The molecule has 6 aliphatic rings. The van der Waals surface area contributed by atoms with E-state index in [0.717, 1.165) is 0 Å². The van der Waals surface area contributed by atoms with Gasteiger partial charge in [-0.2, -0.15) is 0 Å². The Balaban J connectivity index is 1.89. The second kappa shape index (κ2) is 2.62. The van der Waals surface area contributed by atoms with Crippen molar-refractivity contribution in [2.24, 2.45) is 11.8 Å². The van der Waals surface area contributed by atoms with Crippen molar-refractivity contribution in [1.29, 1.82) is 0 Å². The van der Waals surface area contributed by atoms with Crippen LogP contribution >= 0.6 is 23.2 Å². The van der Waals surface area contributed by atoms with E-state index in [1.807, 2.05) is 0 Å². The zero-order valence-electron chi connectivity index (χ0n) is 9.59. The molecule has 2 unspecified atom stereocenters. The number of alkyl halides is 2. The van der Waals surface area contributed by atoms with E-state index < -0.39 is 57.6 Å². The highest BCUT2D eigenvalue weighted by Crippen LogP contribution is 2.77. The summed E-state index contributed by atoms with van der Waals surface area (Å²) in [6.45, 7) is 0. The number of hydrogen-bond donors (Lipinski definition) is 0. The van der Waals surface area contributed by atoms with Crippen LogP contribution in [0, 0.1) is 11.8 Å². The summed E-state index contributed by atoms with van der Waals surface area (Å²) in [6.07, 6.45) is -1.58. The van der Waals surface area contributed by atoms with Gasteiger partial charge >= 0.3 is 11.9 Å². The number of rotatable bonds is 1. The third-order valence-electron chi connectivity index (χ3n) is 5.29. The van der Waals surface area contributed by atoms with Crippen LogP contribution in [0.1, 0.15) is 0 Å². The van der Waals surface area contributed by atoms with Crippen LogP contribution in [0.4, 0.5) is 0 Å². The number of carbonyl (C=O) groups excluding carboxylic acids is 2. The Bertz CT molecular complexity index is 523. The van der Waals surface area contributed by atoms with Crippen LogP contribution < -0.4 is 0 Å². The largest absolute Gasteiger partial charge is 0.458 e. The molecule has 6 rings (SSSR count). The van der Waals surface area contributed by atoms with Gasteiger partial charge in [-0.3, -0.25) is 0 Å². The molecule has 4 saturated heterocycles. The molecule has 8 heteroatoms. The first kappa shape index (κ1) is 11.1. The van der Waals surface area contributed by atoms with Gasteiger partial charge in [0, 0.05) is 18.9 Å². The highest BCUT2D eigenvalue weighted by molar-refractivity contribution is 6.43. The van der Waals surface area contributed by atoms with Crippen molar-refractivity contribution < 1.29 is 28.5 Å². The molecule has 6 nitrogen and oxygen atoms in total. The fourth-order valence-electron chi connectivity index (χ4n) is 4.74. The van der Waals surface area contributed by atoms with Crippen LogP contribution in [0.3, 0.4) is 0 Å². The maximum Gasteiger partial charge on any atom is 0.333 e. The summed E-state index contributed by atoms with van der Waals surface area (Å²) < 4.78 is 21.8. The SMILES string of the molecule is COC12OC3[C@H]4OC(=O)[C@]1(Cl)[C@H]4[C@@H]1[C@H]3OC(=O)[C@@]12Cl. The molecule has 0 aromatic heterocycles. The molecular formula is C11H8Cl2O6. The first-order valence-electron chi connectivity index (χ1n) is 5.96. The molecule has 6 fully saturated rings. The van der Waals surface area contributed by atoms with Gasteiger partial charge in [-0.25, -0.2) is 9.59 Å². The molecule has 0 amide bonds. The van der Waals surface area contributed by atoms with Crippen molar-refractivity contribution in [2.75, 3.05) is 7.11 Å². The van der Waals surface area contributed by atoms with Gasteiger partial charge in [0.2, 0.25) is 15.5 Å². The summed E-state index contributed by atoms with van der Waals surface area (Å²) in [5.41, 5.74) is 0. The molecule has 102 valence electrons. The third-order valence-corrected chi connectivity index (χ3v) is 6.60. The number of carbonyl (C=O) groups is 2. The number of esters is 2. The molecule has 2 saturated carbocycles. The van der Waals surface area contributed by atoms with Crippen LogP contribution in [-0.2, 0) is 28.5 Å². The molecule has 0 spiro atoms. The Morgan fingerprint density at radius 3 is 1.89 bits per heavy atom. The lowest BCUT2D eigenvalue weighted by Crippen LogP contribution is -2.69. The van der Waals surface area contributed by atoms with E-state index in [0.29, 0.717) is 0 Å². The van der Waals surface area contributed by atoms with E-state index in [2.05, 4.69) is 0 Å². The predicted molar refractivity (Wildman–Crippen MR) is 58.5 cm³/mol. The Kier molecular flexibility index (Phi) is 1.53. The first-order chi connectivity index (χ1) is 8.93. The Morgan fingerprint density at radius 1 is 1.00 bits per heavy atom. The summed E-state index contributed by atoms with van der Waals surface area (Å²) in [4.78, 5) is 21.2. The summed E-state index contributed by atoms with van der Waals surface area (Å²) in [6, 6.07) is 0. The average molecular weight is 307 g/mol. The third kappa shape index (κ3) is 0.693. The van der Waals surface area contributed by atoms with Crippen LogP contribution in [0.2, 0.25) is 0 Å². The van der Waals surface area contributed by atoms with Gasteiger partial charge in [0.1, 0.15) is 18.3 Å². The fourth-order valence-corrected chi connectivity index (χ4v) is 5.94. The number of ether oxygens (including phenoxy) is 4. The number of hydrogen-bond acceptors (Lipinski definition) is 6. The normalized spacial score (nSPS) is 66.8. The van der Waals surface area contributed by atoms with Gasteiger partial charge in [-0.1, -0.05) is 0 Å². The molecule has 4 aliphatic heterocycles. The molecule has 19 heavy (non-hydrogen) atoms.